The first kappa shape index (κ1) is 27.1. The standard InChI is InChI=1S/C30H36FN3O5/c1-34-25-12-11-23(16-28(35)32-17-19-6-3-2-4-7-19)39-27(25)18-38-26-13-10-22(15-24(26)30(34)37)33-29(36)20-8-5-9-21(31)14-20/h5,8-10,13-15,19,23,25,27H,2-4,6-7,11-12,16-18H2,1H3,(H,32,35)(H,33,36)/t23-,25-,27+/m0/s1. The molecule has 0 bridgehead atoms. The zero-order chi connectivity index (χ0) is 27.4. The lowest BCUT2D eigenvalue weighted by Crippen LogP contribution is -2.54. The summed E-state index contributed by atoms with van der Waals surface area (Å²) in [6, 6.07) is 10.1. The molecule has 1 aliphatic carbocycles. The van der Waals surface area contributed by atoms with Crippen LogP contribution in [0.15, 0.2) is 42.5 Å². The molecule has 3 amide bonds. The van der Waals surface area contributed by atoms with Gasteiger partial charge in [0.25, 0.3) is 11.8 Å². The lowest BCUT2D eigenvalue weighted by molar-refractivity contribution is -0.134. The number of anilines is 1. The normalized spacial score (nSPS) is 23.5. The monoisotopic (exact) mass is 537 g/mol. The van der Waals surface area contributed by atoms with E-state index in [0.717, 1.165) is 12.6 Å². The lowest BCUT2D eigenvalue weighted by atomic mass is 9.89. The van der Waals surface area contributed by atoms with E-state index in [1.807, 2.05) is 0 Å². The first-order valence-electron chi connectivity index (χ1n) is 13.9. The molecule has 3 atom stereocenters. The van der Waals surface area contributed by atoms with Crippen LogP contribution in [0.25, 0.3) is 0 Å². The maximum atomic E-state index is 13.5. The van der Waals surface area contributed by atoms with Crippen LogP contribution in [-0.2, 0) is 9.53 Å². The molecule has 5 rings (SSSR count). The summed E-state index contributed by atoms with van der Waals surface area (Å²) in [4.78, 5) is 40.3. The highest BCUT2D eigenvalue weighted by Crippen LogP contribution is 2.33. The topological polar surface area (TPSA) is 97.0 Å². The molecule has 2 N–H and O–H groups in total. The number of carbonyl (C=O) groups excluding carboxylic acids is 3. The van der Waals surface area contributed by atoms with Crippen LogP contribution >= 0.6 is 0 Å². The quantitative estimate of drug-likeness (QED) is 0.564. The van der Waals surface area contributed by atoms with Gasteiger partial charge in [-0.1, -0.05) is 25.3 Å². The number of carbonyl (C=O) groups is 3. The Balaban J connectivity index is 1.21. The number of amides is 3. The molecule has 3 aliphatic rings. The third-order valence-electron chi connectivity index (χ3n) is 8.08. The van der Waals surface area contributed by atoms with Crippen molar-refractivity contribution in [3.05, 3.63) is 59.4 Å². The minimum absolute atomic E-state index is 0.0124. The number of hydrogen-bond donors (Lipinski definition) is 2. The van der Waals surface area contributed by atoms with Gasteiger partial charge in [0, 0.05) is 24.8 Å². The molecule has 208 valence electrons. The van der Waals surface area contributed by atoms with Gasteiger partial charge in [-0.25, -0.2) is 4.39 Å². The molecule has 2 fully saturated rings. The van der Waals surface area contributed by atoms with E-state index in [-0.39, 0.29) is 42.2 Å². The molecule has 2 aliphatic heterocycles. The van der Waals surface area contributed by atoms with E-state index in [1.54, 1.807) is 30.1 Å². The smallest absolute Gasteiger partial charge is 0.257 e. The molecular formula is C30H36FN3O5. The fraction of sp³-hybridized carbons (Fsp3) is 0.500. The van der Waals surface area contributed by atoms with Crippen molar-refractivity contribution in [2.24, 2.45) is 5.92 Å². The Labute approximate surface area is 228 Å². The number of likely N-dealkylation sites (N-methyl/N-ethyl adjacent to an activating group) is 1. The largest absolute Gasteiger partial charge is 0.490 e. The molecule has 9 heteroatoms. The van der Waals surface area contributed by atoms with E-state index in [2.05, 4.69) is 10.6 Å². The predicted molar refractivity (Wildman–Crippen MR) is 144 cm³/mol. The number of fused-ring (bicyclic) bond motifs is 2. The van der Waals surface area contributed by atoms with Gasteiger partial charge in [-0.15, -0.1) is 0 Å². The summed E-state index contributed by atoms with van der Waals surface area (Å²) in [6.45, 7) is 0.976. The zero-order valence-electron chi connectivity index (χ0n) is 22.3. The first-order chi connectivity index (χ1) is 18.9. The predicted octanol–water partition coefficient (Wildman–Crippen LogP) is 4.55. The van der Waals surface area contributed by atoms with Crippen LogP contribution in [0.4, 0.5) is 10.1 Å². The SMILES string of the molecule is CN1C(=O)c2cc(NC(=O)c3cccc(F)c3)ccc2OC[C@H]2O[C@H](CC(=O)NCC3CCCCC3)CC[C@@H]21. The van der Waals surface area contributed by atoms with Crippen LogP contribution in [0, 0.1) is 11.7 Å². The van der Waals surface area contributed by atoms with Crippen molar-refractivity contribution in [3.63, 3.8) is 0 Å². The van der Waals surface area contributed by atoms with Crippen molar-refractivity contribution in [1.82, 2.24) is 10.2 Å². The van der Waals surface area contributed by atoms with Crippen molar-refractivity contribution in [2.45, 2.75) is 69.6 Å². The van der Waals surface area contributed by atoms with E-state index >= 15 is 0 Å². The summed E-state index contributed by atoms with van der Waals surface area (Å²) in [5.41, 5.74) is 0.919. The summed E-state index contributed by atoms with van der Waals surface area (Å²) in [6.07, 6.45) is 7.25. The molecule has 2 aromatic rings. The number of halogens is 1. The molecule has 2 heterocycles. The zero-order valence-corrected chi connectivity index (χ0v) is 22.3. The number of nitrogens with zero attached hydrogens (tertiary/aromatic N) is 1. The Bertz CT molecular complexity index is 1210. The molecule has 0 unspecified atom stereocenters. The molecule has 8 nitrogen and oxygen atoms in total. The molecular weight excluding hydrogens is 501 g/mol. The maximum absolute atomic E-state index is 13.5. The Morgan fingerprint density at radius 2 is 1.87 bits per heavy atom. The number of benzene rings is 2. The number of hydrogen-bond acceptors (Lipinski definition) is 5. The van der Waals surface area contributed by atoms with Crippen LogP contribution < -0.4 is 15.4 Å². The van der Waals surface area contributed by atoms with Crippen LogP contribution in [0.5, 0.6) is 5.75 Å². The summed E-state index contributed by atoms with van der Waals surface area (Å²) < 4.78 is 25.8. The molecule has 0 aromatic heterocycles. The van der Waals surface area contributed by atoms with E-state index < -0.39 is 11.7 Å². The van der Waals surface area contributed by atoms with Gasteiger partial charge in [0.05, 0.1) is 24.1 Å². The third kappa shape index (κ3) is 6.58. The first-order valence-corrected chi connectivity index (χ1v) is 13.9. The lowest BCUT2D eigenvalue weighted by Gasteiger charge is -2.42. The van der Waals surface area contributed by atoms with Gasteiger partial charge in [-0.2, -0.15) is 0 Å². The summed E-state index contributed by atoms with van der Waals surface area (Å²) in [5, 5.41) is 5.82. The second-order valence-corrected chi connectivity index (χ2v) is 10.9. The van der Waals surface area contributed by atoms with E-state index in [1.165, 1.54) is 50.3 Å². The molecule has 2 aromatic carbocycles. The summed E-state index contributed by atoms with van der Waals surface area (Å²) in [5.74, 6) is -0.236. The molecule has 1 saturated heterocycles. The van der Waals surface area contributed by atoms with Gasteiger partial charge in [0.15, 0.2) is 0 Å². The van der Waals surface area contributed by atoms with Crippen LogP contribution in [-0.4, -0.2) is 61.1 Å². The second kappa shape index (κ2) is 12.2. The Morgan fingerprint density at radius 3 is 2.67 bits per heavy atom. The average molecular weight is 538 g/mol. The Hall–Kier alpha value is -3.46. The fourth-order valence-electron chi connectivity index (χ4n) is 5.87. The minimum atomic E-state index is -0.502. The highest BCUT2D eigenvalue weighted by atomic mass is 19.1. The average Bonchev–Trinajstić information content (AvgIpc) is 2.94. The molecule has 1 saturated carbocycles. The molecule has 0 spiro atoms. The minimum Gasteiger partial charge on any atom is -0.490 e. The molecule has 39 heavy (non-hydrogen) atoms. The van der Waals surface area contributed by atoms with Gasteiger partial charge in [-0.3, -0.25) is 14.4 Å². The number of ether oxygens (including phenoxy) is 2. The van der Waals surface area contributed by atoms with E-state index in [0.29, 0.717) is 42.2 Å². The second-order valence-electron chi connectivity index (χ2n) is 10.9. The third-order valence-corrected chi connectivity index (χ3v) is 8.08. The van der Waals surface area contributed by atoms with Crippen molar-refractivity contribution in [1.29, 1.82) is 0 Å². The maximum Gasteiger partial charge on any atom is 0.257 e. The van der Waals surface area contributed by atoms with Crippen molar-refractivity contribution < 1.29 is 28.2 Å². The van der Waals surface area contributed by atoms with Crippen LogP contribution in [0.2, 0.25) is 0 Å². The Kier molecular flexibility index (Phi) is 8.45. The summed E-state index contributed by atoms with van der Waals surface area (Å²) in [7, 11) is 1.74. The Morgan fingerprint density at radius 1 is 1.05 bits per heavy atom. The fourth-order valence-corrected chi connectivity index (χ4v) is 5.87. The van der Waals surface area contributed by atoms with Gasteiger partial charge < -0.3 is 25.0 Å². The molecule has 0 radical (unpaired) electrons. The highest BCUT2D eigenvalue weighted by Gasteiger charge is 2.39. The summed E-state index contributed by atoms with van der Waals surface area (Å²) >= 11 is 0. The van der Waals surface area contributed by atoms with Gasteiger partial charge in [-0.05, 0) is 68.0 Å². The number of nitrogens with one attached hydrogen (secondary N) is 2. The van der Waals surface area contributed by atoms with Gasteiger partial charge in [0.1, 0.15) is 24.3 Å². The van der Waals surface area contributed by atoms with Crippen molar-refractivity contribution >= 4 is 23.4 Å². The van der Waals surface area contributed by atoms with Gasteiger partial charge in [0.2, 0.25) is 5.91 Å². The van der Waals surface area contributed by atoms with Crippen molar-refractivity contribution in [3.8, 4) is 5.75 Å². The van der Waals surface area contributed by atoms with Crippen molar-refractivity contribution in [2.75, 3.05) is 25.5 Å². The van der Waals surface area contributed by atoms with E-state index in [4.69, 9.17) is 9.47 Å². The van der Waals surface area contributed by atoms with Crippen LogP contribution in [0.3, 0.4) is 0 Å². The van der Waals surface area contributed by atoms with Crippen LogP contribution in [0.1, 0.15) is 72.1 Å². The van der Waals surface area contributed by atoms with Gasteiger partial charge >= 0.3 is 0 Å². The highest BCUT2D eigenvalue weighted by molar-refractivity contribution is 6.05. The number of rotatable bonds is 6. The van der Waals surface area contributed by atoms with E-state index in [9.17, 15) is 18.8 Å².